The van der Waals surface area contributed by atoms with Gasteiger partial charge in [0.15, 0.2) is 0 Å². The molecular weight excluding hydrogens is 679 g/mol. The van der Waals surface area contributed by atoms with Crippen LogP contribution in [0.3, 0.4) is 0 Å². The van der Waals surface area contributed by atoms with Gasteiger partial charge in [0.1, 0.15) is 0 Å². The fourth-order valence-electron chi connectivity index (χ4n) is 9.96. The molecule has 0 amide bonds. The Morgan fingerprint density at radius 1 is 0.357 bits per heavy atom. The summed E-state index contributed by atoms with van der Waals surface area (Å²) in [6.07, 6.45) is 0. The zero-order valence-corrected chi connectivity index (χ0v) is 31.2. The molecule has 0 radical (unpaired) electrons. The van der Waals surface area contributed by atoms with E-state index in [9.17, 15) is 0 Å². The molecule has 10 aromatic rings. The summed E-state index contributed by atoms with van der Waals surface area (Å²) >= 11 is 0. The van der Waals surface area contributed by atoms with Crippen LogP contribution in [0.5, 0.6) is 0 Å². The van der Waals surface area contributed by atoms with Gasteiger partial charge in [0.2, 0.25) is 0 Å². The first-order valence-electron chi connectivity index (χ1n) is 19.5. The molecule has 264 valence electrons. The fourth-order valence-corrected chi connectivity index (χ4v) is 9.96. The van der Waals surface area contributed by atoms with Gasteiger partial charge in [-0.05, 0) is 89.0 Å². The maximum absolute atomic E-state index is 2.50. The molecule has 0 N–H and O–H groups in total. The van der Waals surface area contributed by atoms with Gasteiger partial charge in [0, 0.05) is 55.3 Å². The maximum Gasteiger partial charge on any atom is 0.0641 e. The molecule has 0 saturated heterocycles. The highest BCUT2D eigenvalue weighted by Gasteiger charge is 2.38. The predicted molar refractivity (Wildman–Crippen MR) is 234 cm³/mol. The van der Waals surface area contributed by atoms with Crippen LogP contribution in [0.25, 0.3) is 77.6 Å². The molecule has 2 aliphatic rings. The number of aromatic nitrogens is 2. The van der Waals surface area contributed by atoms with Crippen LogP contribution in [0.2, 0.25) is 0 Å². The van der Waals surface area contributed by atoms with Crippen molar-refractivity contribution in [3.63, 3.8) is 0 Å². The molecule has 12 rings (SSSR count). The average Bonchev–Trinajstić information content (AvgIpc) is 3.81. The zero-order chi connectivity index (χ0) is 37.1. The molecule has 0 spiro atoms. The summed E-state index contributed by atoms with van der Waals surface area (Å²) < 4.78 is 4.89. The number of para-hydroxylation sites is 6. The Balaban J connectivity index is 1.06. The van der Waals surface area contributed by atoms with Crippen molar-refractivity contribution in [2.75, 3.05) is 4.90 Å². The second kappa shape index (κ2) is 11.5. The molecule has 0 unspecified atom stereocenters. The lowest BCUT2D eigenvalue weighted by atomic mass is 9.82. The third-order valence-electron chi connectivity index (χ3n) is 12.4. The molecule has 56 heavy (non-hydrogen) atoms. The predicted octanol–water partition coefficient (Wildman–Crippen LogP) is 14.2. The summed E-state index contributed by atoms with van der Waals surface area (Å²) in [5.41, 5.74) is 19.6. The van der Waals surface area contributed by atoms with E-state index < -0.39 is 0 Å². The molecule has 3 heteroatoms. The van der Waals surface area contributed by atoms with E-state index in [0.29, 0.717) is 0 Å². The molecule has 0 atom stereocenters. The van der Waals surface area contributed by atoms with Crippen LogP contribution in [-0.2, 0) is 5.41 Å². The quantitative estimate of drug-likeness (QED) is 0.177. The minimum Gasteiger partial charge on any atom is -0.309 e. The molecule has 8 aromatic carbocycles. The highest BCUT2D eigenvalue weighted by atomic mass is 15.2. The van der Waals surface area contributed by atoms with Gasteiger partial charge in [0.25, 0.3) is 0 Å². The Bertz CT molecular complexity index is 3180. The summed E-state index contributed by atoms with van der Waals surface area (Å²) in [7, 11) is 0. The van der Waals surface area contributed by atoms with Crippen molar-refractivity contribution in [3.05, 3.63) is 199 Å². The summed E-state index contributed by atoms with van der Waals surface area (Å²) in [6.45, 7) is 4.79. The standard InChI is InChI=1S/C53H37N3/c1-53(2)44-32-35(54-46-23-11-6-18-39(46)40-19-7-12-24-47(40)54)28-30-37(44)38-31-29-36(33-45(38)53)55-48-25-13-8-20-41(48)51-42-21-9-14-26-49(42)56(34-16-4-3-5-17-34)52(51)43-22-10-15-27-50(43)55/h3-33H,1-2H3. The number of nitrogens with zero attached hydrogens (tertiary/aromatic N) is 3. The first kappa shape index (κ1) is 31.3. The lowest BCUT2D eigenvalue weighted by Crippen LogP contribution is -2.17. The summed E-state index contributed by atoms with van der Waals surface area (Å²) in [5, 5.41) is 3.81. The largest absolute Gasteiger partial charge is 0.309 e. The van der Waals surface area contributed by atoms with Gasteiger partial charge >= 0.3 is 0 Å². The molecule has 1 aliphatic carbocycles. The number of hydrogen-bond donors (Lipinski definition) is 0. The highest BCUT2D eigenvalue weighted by molar-refractivity contribution is 6.13. The molecule has 1 aliphatic heterocycles. The fraction of sp³-hybridized carbons (Fsp3) is 0.0566. The van der Waals surface area contributed by atoms with Gasteiger partial charge in [-0.1, -0.05) is 135 Å². The van der Waals surface area contributed by atoms with Crippen LogP contribution in [-0.4, -0.2) is 9.13 Å². The Kier molecular flexibility index (Phi) is 6.40. The van der Waals surface area contributed by atoms with Gasteiger partial charge in [-0.15, -0.1) is 0 Å². The van der Waals surface area contributed by atoms with Crippen LogP contribution in [0.1, 0.15) is 25.0 Å². The monoisotopic (exact) mass is 715 g/mol. The third kappa shape index (κ3) is 4.17. The third-order valence-corrected chi connectivity index (χ3v) is 12.4. The Morgan fingerprint density at radius 3 is 1.50 bits per heavy atom. The maximum atomic E-state index is 2.50. The highest BCUT2D eigenvalue weighted by Crippen LogP contribution is 2.56. The first-order chi connectivity index (χ1) is 27.6. The molecular formula is C53H37N3. The van der Waals surface area contributed by atoms with E-state index in [0.717, 1.165) is 11.4 Å². The van der Waals surface area contributed by atoms with Gasteiger partial charge < -0.3 is 14.0 Å². The first-order valence-corrected chi connectivity index (χ1v) is 19.5. The molecule has 3 heterocycles. The minimum atomic E-state index is -0.219. The smallest absolute Gasteiger partial charge is 0.0641 e. The number of fused-ring (bicyclic) bond motifs is 13. The number of rotatable bonds is 3. The summed E-state index contributed by atoms with van der Waals surface area (Å²) in [6, 6.07) is 69.4. The number of benzene rings is 8. The molecule has 0 saturated carbocycles. The van der Waals surface area contributed by atoms with Crippen molar-refractivity contribution in [3.8, 4) is 44.9 Å². The van der Waals surface area contributed by atoms with Gasteiger partial charge in [-0.25, -0.2) is 0 Å². The van der Waals surface area contributed by atoms with Crippen molar-refractivity contribution in [1.82, 2.24) is 9.13 Å². The second-order valence-electron chi connectivity index (χ2n) is 15.7. The van der Waals surface area contributed by atoms with E-state index in [1.807, 2.05) is 0 Å². The topological polar surface area (TPSA) is 13.1 Å². The van der Waals surface area contributed by atoms with Crippen molar-refractivity contribution in [2.24, 2.45) is 0 Å². The Labute approximate surface area is 326 Å². The zero-order valence-electron chi connectivity index (χ0n) is 31.2. The van der Waals surface area contributed by atoms with Crippen LogP contribution < -0.4 is 4.90 Å². The van der Waals surface area contributed by atoms with Gasteiger partial charge in [-0.3, -0.25) is 0 Å². The van der Waals surface area contributed by atoms with E-state index in [2.05, 4.69) is 216 Å². The Hall–Kier alpha value is -7.10. The normalized spacial score (nSPS) is 13.6. The van der Waals surface area contributed by atoms with Crippen molar-refractivity contribution in [1.29, 1.82) is 0 Å². The van der Waals surface area contributed by atoms with E-state index >= 15 is 0 Å². The van der Waals surface area contributed by atoms with Crippen molar-refractivity contribution in [2.45, 2.75) is 19.3 Å². The van der Waals surface area contributed by atoms with E-state index in [1.165, 1.54) is 94.4 Å². The van der Waals surface area contributed by atoms with Crippen LogP contribution in [0, 0.1) is 0 Å². The average molecular weight is 716 g/mol. The van der Waals surface area contributed by atoms with E-state index in [4.69, 9.17) is 0 Å². The van der Waals surface area contributed by atoms with E-state index in [-0.39, 0.29) is 5.41 Å². The van der Waals surface area contributed by atoms with E-state index in [1.54, 1.807) is 0 Å². The molecule has 0 fully saturated rings. The Morgan fingerprint density at radius 2 is 0.839 bits per heavy atom. The van der Waals surface area contributed by atoms with Crippen molar-refractivity contribution < 1.29 is 0 Å². The molecule has 3 nitrogen and oxygen atoms in total. The van der Waals surface area contributed by atoms with Gasteiger partial charge in [0.05, 0.1) is 33.6 Å². The second-order valence-corrected chi connectivity index (χ2v) is 15.7. The number of anilines is 3. The van der Waals surface area contributed by atoms with Crippen LogP contribution >= 0.6 is 0 Å². The molecule has 2 aromatic heterocycles. The van der Waals surface area contributed by atoms with Crippen molar-refractivity contribution >= 4 is 49.8 Å². The summed E-state index contributed by atoms with van der Waals surface area (Å²) in [5.74, 6) is 0. The van der Waals surface area contributed by atoms with Crippen LogP contribution in [0.15, 0.2) is 188 Å². The summed E-state index contributed by atoms with van der Waals surface area (Å²) in [4.78, 5) is 2.50. The van der Waals surface area contributed by atoms with Crippen LogP contribution in [0.4, 0.5) is 17.1 Å². The lowest BCUT2D eigenvalue weighted by molar-refractivity contribution is 0.660. The molecule has 0 bridgehead atoms. The SMILES string of the molecule is CC1(C)c2cc(N3c4ccccc4-c4c(n(-c5ccccc5)c5ccccc45)-c4ccccc43)ccc2-c2ccc(-n3c4ccccc4c4ccccc43)cc21. The lowest BCUT2D eigenvalue weighted by Gasteiger charge is -2.29. The minimum absolute atomic E-state index is 0.219. The van der Waals surface area contributed by atoms with Gasteiger partial charge in [-0.2, -0.15) is 0 Å². The number of hydrogen-bond acceptors (Lipinski definition) is 1.